The Balaban J connectivity index is 0.00000242. The van der Waals surface area contributed by atoms with Crippen LogP contribution in [-0.4, -0.2) is 29.9 Å². The molecule has 2 rings (SSSR count). The topological polar surface area (TPSA) is 46.3 Å². The first-order chi connectivity index (χ1) is 9.70. The van der Waals surface area contributed by atoms with E-state index in [1.54, 1.807) is 0 Å². The molecule has 2 atom stereocenters. The molecule has 1 heterocycles. The lowest BCUT2D eigenvalue weighted by atomic mass is 10.0. The highest BCUT2D eigenvalue weighted by Gasteiger charge is 2.34. The van der Waals surface area contributed by atoms with Gasteiger partial charge in [-0.05, 0) is 37.5 Å². The van der Waals surface area contributed by atoms with E-state index >= 15 is 0 Å². The summed E-state index contributed by atoms with van der Waals surface area (Å²) in [6, 6.07) is 1.75. The quantitative estimate of drug-likeness (QED) is 0.841. The predicted octanol–water partition coefficient (Wildman–Crippen LogP) is 3.08. The summed E-state index contributed by atoms with van der Waals surface area (Å²) in [4.78, 5) is 13.5. The Kier molecular flexibility index (Phi) is 5.81. The van der Waals surface area contributed by atoms with Gasteiger partial charge in [-0.2, -0.15) is 13.2 Å². The molecule has 2 unspecified atom stereocenters. The molecule has 1 amide bonds. The van der Waals surface area contributed by atoms with Gasteiger partial charge < -0.3 is 10.6 Å². The molecule has 0 radical (unpaired) electrons. The molecule has 1 saturated heterocycles. The summed E-state index contributed by atoms with van der Waals surface area (Å²) in [5, 5.41) is 0. The van der Waals surface area contributed by atoms with Crippen molar-refractivity contribution in [3.05, 3.63) is 35.1 Å². The van der Waals surface area contributed by atoms with Crippen LogP contribution in [0.4, 0.5) is 17.6 Å². The lowest BCUT2D eigenvalue weighted by Crippen LogP contribution is -2.33. The molecule has 0 aromatic heterocycles. The van der Waals surface area contributed by atoms with E-state index < -0.39 is 29.0 Å². The minimum absolute atomic E-state index is 0. The molecule has 0 saturated carbocycles. The minimum Gasteiger partial charge on any atom is -0.338 e. The maximum atomic E-state index is 13.7. The highest BCUT2D eigenvalue weighted by molar-refractivity contribution is 5.95. The molecule has 124 valence electrons. The van der Waals surface area contributed by atoms with Crippen LogP contribution in [-0.2, 0) is 6.18 Å². The SMILES string of the molecule is CC(N)C1CCN(C(=O)c2cc(C(F)(F)F)ccc2F)C1.Cl. The fourth-order valence-corrected chi connectivity index (χ4v) is 2.44. The second-order valence-electron chi connectivity index (χ2n) is 5.35. The lowest BCUT2D eigenvalue weighted by molar-refractivity contribution is -0.137. The number of hydrogen-bond acceptors (Lipinski definition) is 2. The van der Waals surface area contributed by atoms with Gasteiger partial charge in [0.05, 0.1) is 11.1 Å². The van der Waals surface area contributed by atoms with Gasteiger partial charge in [-0.25, -0.2) is 4.39 Å². The van der Waals surface area contributed by atoms with Crippen LogP contribution in [0.25, 0.3) is 0 Å². The summed E-state index contributed by atoms with van der Waals surface area (Å²) in [6.45, 7) is 2.52. The third-order valence-electron chi connectivity index (χ3n) is 3.78. The number of hydrogen-bond donors (Lipinski definition) is 1. The molecule has 3 nitrogen and oxygen atoms in total. The van der Waals surface area contributed by atoms with Gasteiger partial charge in [-0.3, -0.25) is 4.79 Å². The van der Waals surface area contributed by atoms with Gasteiger partial charge >= 0.3 is 6.18 Å². The van der Waals surface area contributed by atoms with Crippen LogP contribution in [0, 0.1) is 11.7 Å². The van der Waals surface area contributed by atoms with Crippen molar-refractivity contribution in [1.82, 2.24) is 4.90 Å². The monoisotopic (exact) mass is 340 g/mol. The zero-order valence-corrected chi connectivity index (χ0v) is 12.7. The smallest absolute Gasteiger partial charge is 0.338 e. The summed E-state index contributed by atoms with van der Waals surface area (Å²) in [6.07, 6.45) is -3.94. The van der Waals surface area contributed by atoms with E-state index in [1.165, 1.54) is 4.90 Å². The van der Waals surface area contributed by atoms with Crippen molar-refractivity contribution in [3.63, 3.8) is 0 Å². The van der Waals surface area contributed by atoms with E-state index in [-0.39, 0.29) is 24.4 Å². The Labute approximate surface area is 131 Å². The molecule has 2 N–H and O–H groups in total. The van der Waals surface area contributed by atoms with Gasteiger partial charge in [-0.15, -0.1) is 12.4 Å². The number of likely N-dealkylation sites (tertiary alicyclic amines) is 1. The molecule has 1 aliphatic rings. The summed E-state index contributed by atoms with van der Waals surface area (Å²) < 4.78 is 51.6. The zero-order valence-electron chi connectivity index (χ0n) is 11.9. The number of nitrogens with two attached hydrogens (primary N) is 1. The number of carbonyl (C=O) groups is 1. The molecular formula is C14H17ClF4N2O. The first-order valence-electron chi connectivity index (χ1n) is 6.61. The van der Waals surface area contributed by atoms with E-state index in [0.29, 0.717) is 37.7 Å². The number of halogens is 5. The molecular weight excluding hydrogens is 324 g/mol. The van der Waals surface area contributed by atoms with Crippen molar-refractivity contribution in [2.75, 3.05) is 13.1 Å². The standard InChI is InChI=1S/C14H16F4N2O.ClH/c1-8(19)9-4-5-20(7-9)13(21)11-6-10(14(16,17)18)2-3-12(11)15;/h2-3,6,8-9H,4-5,7,19H2,1H3;1H. The van der Waals surface area contributed by atoms with Crippen molar-refractivity contribution in [2.24, 2.45) is 11.7 Å². The molecule has 0 spiro atoms. The molecule has 0 aliphatic carbocycles. The van der Waals surface area contributed by atoms with E-state index in [1.807, 2.05) is 6.92 Å². The fraction of sp³-hybridized carbons (Fsp3) is 0.500. The summed E-state index contributed by atoms with van der Waals surface area (Å²) in [7, 11) is 0. The van der Waals surface area contributed by atoms with Crippen LogP contribution in [0.3, 0.4) is 0 Å². The van der Waals surface area contributed by atoms with E-state index in [2.05, 4.69) is 0 Å². The molecule has 1 aromatic rings. The highest BCUT2D eigenvalue weighted by atomic mass is 35.5. The second-order valence-corrected chi connectivity index (χ2v) is 5.35. The van der Waals surface area contributed by atoms with E-state index in [4.69, 9.17) is 5.73 Å². The van der Waals surface area contributed by atoms with Crippen LogP contribution in [0.2, 0.25) is 0 Å². The second kappa shape index (κ2) is 6.83. The van der Waals surface area contributed by atoms with Crippen LogP contribution in [0.15, 0.2) is 18.2 Å². The maximum Gasteiger partial charge on any atom is 0.416 e. The van der Waals surface area contributed by atoms with Crippen LogP contribution >= 0.6 is 12.4 Å². The number of nitrogens with zero attached hydrogens (tertiary/aromatic N) is 1. The number of amides is 1. The average Bonchev–Trinajstić information content (AvgIpc) is 2.86. The molecule has 1 aromatic carbocycles. The number of rotatable bonds is 2. The van der Waals surface area contributed by atoms with Gasteiger partial charge in [0.2, 0.25) is 0 Å². The normalized spacial score (nSPS) is 19.7. The summed E-state index contributed by atoms with van der Waals surface area (Å²) in [5.74, 6) is -1.58. The van der Waals surface area contributed by atoms with E-state index in [0.717, 1.165) is 0 Å². The number of carbonyl (C=O) groups excluding carboxylic acids is 1. The summed E-state index contributed by atoms with van der Waals surface area (Å²) in [5.41, 5.74) is 4.17. The molecule has 1 aliphatic heterocycles. The van der Waals surface area contributed by atoms with Gasteiger partial charge in [0.1, 0.15) is 5.82 Å². The fourth-order valence-electron chi connectivity index (χ4n) is 2.44. The third kappa shape index (κ3) is 3.89. The first kappa shape index (κ1) is 18.7. The van der Waals surface area contributed by atoms with Gasteiger partial charge in [0.25, 0.3) is 5.91 Å². The Bertz CT molecular complexity index is 548. The van der Waals surface area contributed by atoms with E-state index in [9.17, 15) is 22.4 Å². The van der Waals surface area contributed by atoms with Crippen molar-refractivity contribution in [2.45, 2.75) is 25.6 Å². The predicted molar refractivity (Wildman–Crippen MR) is 76.3 cm³/mol. The summed E-state index contributed by atoms with van der Waals surface area (Å²) >= 11 is 0. The zero-order chi connectivity index (χ0) is 15.8. The molecule has 0 bridgehead atoms. The number of alkyl halides is 3. The van der Waals surface area contributed by atoms with Crippen molar-refractivity contribution in [1.29, 1.82) is 0 Å². The lowest BCUT2D eigenvalue weighted by Gasteiger charge is -2.19. The Morgan fingerprint density at radius 3 is 2.55 bits per heavy atom. The highest BCUT2D eigenvalue weighted by Crippen LogP contribution is 2.31. The van der Waals surface area contributed by atoms with Gasteiger partial charge in [0, 0.05) is 19.1 Å². The minimum atomic E-state index is -4.61. The third-order valence-corrected chi connectivity index (χ3v) is 3.78. The Morgan fingerprint density at radius 1 is 1.41 bits per heavy atom. The number of benzene rings is 1. The molecule has 8 heteroatoms. The van der Waals surface area contributed by atoms with Gasteiger partial charge in [0.15, 0.2) is 0 Å². The van der Waals surface area contributed by atoms with Crippen molar-refractivity contribution < 1.29 is 22.4 Å². The van der Waals surface area contributed by atoms with Crippen molar-refractivity contribution >= 4 is 18.3 Å². The van der Waals surface area contributed by atoms with Crippen molar-refractivity contribution in [3.8, 4) is 0 Å². The van der Waals surface area contributed by atoms with Crippen LogP contribution < -0.4 is 5.73 Å². The molecule has 1 fully saturated rings. The van der Waals surface area contributed by atoms with Gasteiger partial charge in [-0.1, -0.05) is 0 Å². The first-order valence-corrected chi connectivity index (χ1v) is 6.61. The average molecular weight is 341 g/mol. The molecule has 22 heavy (non-hydrogen) atoms. The maximum absolute atomic E-state index is 13.7. The van der Waals surface area contributed by atoms with Crippen LogP contribution in [0.5, 0.6) is 0 Å². The Hall–Kier alpha value is -1.34. The van der Waals surface area contributed by atoms with Crippen LogP contribution in [0.1, 0.15) is 29.3 Å². The largest absolute Gasteiger partial charge is 0.416 e. The Morgan fingerprint density at radius 2 is 2.05 bits per heavy atom.